The van der Waals surface area contributed by atoms with Gasteiger partial charge in [-0.05, 0) is 12.8 Å². The highest BCUT2D eigenvalue weighted by molar-refractivity contribution is 4.82. The van der Waals surface area contributed by atoms with Crippen molar-refractivity contribution in [1.29, 1.82) is 0 Å². The second kappa shape index (κ2) is 4.22. The summed E-state index contributed by atoms with van der Waals surface area (Å²) in [5.74, 6) is 0.770. The van der Waals surface area contributed by atoms with Crippen LogP contribution < -0.4 is 0 Å². The number of rotatable bonds is 2. The molecular weight excluding hydrogens is 138 g/mol. The molecule has 0 atom stereocenters. The van der Waals surface area contributed by atoms with Crippen LogP contribution in [0.2, 0.25) is 0 Å². The van der Waals surface area contributed by atoms with Gasteiger partial charge in [0.2, 0.25) is 0 Å². The van der Waals surface area contributed by atoms with Crippen molar-refractivity contribution in [1.82, 2.24) is 5.06 Å². The Labute approximate surface area is 68.1 Å². The van der Waals surface area contributed by atoms with Crippen LogP contribution in [0.1, 0.15) is 26.2 Å². The molecule has 2 heteroatoms. The van der Waals surface area contributed by atoms with Crippen molar-refractivity contribution < 1.29 is 4.84 Å². The van der Waals surface area contributed by atoms with Crippen LogP contribution in [0.15, 0.2) is 18.1 Å². The quantitative estimate of drug-likeness (QED) is 0.445. The molecule has 0 N–H and O–H groups in total. The van der Waals surface area contributed by atoms with E-state index in [4.69, 9.17) is 4.84 Å². The van der Waals surface area contributed by atoms with Gasteiger partial charge in [0.05, 0.1) is 0 Å². The normalized spacial score (nSPS) is 19.0. The summed E-state index contributed by atoms with van der Waals surface area (Å²) >= 11 is 0. The highest BCUT2D eigenvalue weighted by Gasteiger charge is 2.10. The van der Waals surface area contributed by atoms with Crippen molar-refractivity contribution >= 4 is 0 Å². The molecule has 0 aliphatic carbocycles. The van der Waals surface area contributed by atoms with E-state index in [1.54, 1.807) is 0 Å². The van der Waals surface area contributed by atoms with Gasteiger partial charge in [-0.15, -0.1) is 5.06 Å². The van der Waals surface area contributed by atoms with E-state index in [1.807, 2.05) is 12.0 Å². The van der Waals surface area contributed by atoms with E-state index in [-0.39, 0.29) is 0 Å². The molecule has 0 unspecified atom stereocenters. The van der Waals surface area contributed by atoms with E-state index < -0.39 is 0 Å². The van der Waals surface area contributed by atoms with Crippen LogP contribution >= 0.6 is 0 Å². The highest BCUT2D eigenvalue weighted by Crippen LogP contribution is 2.10. The summed E-state index contributed by atoms with van der Waals surface area (Å²) in [7, 11) is 0. The fourth-order valence-corrected chi connectivity index (χ4v) is 1.18. The van der Waals surface area contributed by atoms with E-state index in [9.17, 15) is 0 Å². The third-order valence-electron chi connectivity index (χ3n) is 1.83. The summed E-state index contributed by atoms with van der Waals surface area (Å²) in [6.45, 7) is 7.47. The lowest BCUT2D eigenvalue weighted by molar-refractivity contribution is -0.129. The largest absolute Gasteiger partial charge is 0.402 e. The lowest BCUT2D eigenvalue weighted by Gasteiger charge is -2.25. The number of allylic oxidation sites excluding steroid dienone is 1. The van der Waals surface area contributed by atoms with Crippen LogP contribution in [0.5, 0.6) is 0 Å². The minimum absolute atomic E-state index is 0.770. The maximum Gasteiger partial charge on any atom is 0.162 e. The van der Waals surface area contributed by atoms with Gasteiger partial charge < -0.3 is 4.84 Å². The first-order valence-electron chi connectivity index (χ1n) is 4.12. The molecule has 1 heterocycles. The van der Waals surface area contributed by atoms with Crippen LogP contribution in [-0.4, -0.2) is 18.2 Å². The standard InChI is InChI=1S/C9H15NO/c1-3-9(2)11-10-7-5-4-6-8-10/h1,4-8H2,2H3. The number of nitrogens with zero attached hydrogens (tertiary/aromatic N) is 1. The average Bonchev–Trinajstić information content (AvgIpc) is 2.06. The van der Waals surface area contributed by atoms with Crippen molar-refractivity contribution in [3.05, 3.63) is 18.1 Å². The smallest absolute Gasteiger partial charge is 0.162 e. The zero-order valence-corrected chi connectivity index (χ0v) is 7.10. The van der Waals surface area contributed by atoms with Crippen molar-refractivity contribution in [2.24, 2.45) is 0 Å². The van der Waals surface area contributed by atoms with Crippen LogP contribution in [0, 0.1) is 0 Å². The fourth-order valence-electron chi connectivity index (χ4n) is 1.18. The molecule has 1 rings (SSSR count). The molecule has 0 aromatic heterocycles. The predicted molar refractivity (Wildman–Crippen MR) is 44.8 cm³/mol. The zero-order valence-electron chi connectivity index (χ0n) is 7.10. The molecule has 0 bridgehead atoms. The molecule has 0 aromatic rings. The van der Waals surface area contributed by atoms with Crippen molar-refractivity contribution in [3.8, 4) is 0 Å². The number of hydrogen-bond donors (Lipinski definition) is 0. The molecule has 0 radical (unpaired) electrons. The first-order chi connectivity index (χ1) is 5.33. The first kappa shape index (κ1) is 8.38. The van der Waals surface area contributed by atoms with Crippen LogP contribution in [0.25, 0.3) is 0 Å². The molecule has 1 aliphatic rings. The summed E-state index contributed by atoms with van der Waals surface area (Å²) in [6.07, 6.45) is 3.81. The van der Waals surface area contributed by atoms with E-state index >= 15 is 0 Å². The molecule has 0 amide bonds. The second-order valence-corrected chi connectivity index (χ2v) is 2.81. The molecule has 0 saturated carbocycles. The van der Waals surface area contributed by atoms with E-state index in [2.05, 4.69) is 12.3 Å². The molecule has 1 aliphatic heterocycles. The summed E-state index contributed by atoms with van der Waals surface area (Å²) in [6, 6.07) is 0. The SMILES string of the molecule is C=C=C(C)ON1CCCCC1. The highest BCUT2D eigenvalue weighted by atomic mass is 16.7. The number of hydrogen-bond acceptors (Lipinski definition) is 2. The third kappa shape index (κ3) is 2.79. The molecular formula is C9H15NO. The number of piperidine rings is 1. The average molecular weight is 153 g/mol. The van der Waals surface area contributed by atoms with E-state index in [1.165, 1.54) is 19.3 Å². The van der Waals surface area contributed by atoms with Crippen LogP contribution in [0.4, 0.5) is 0 Å². The van der Waals surface area contributed by atoms with E-state index in [0.717, 1.165) is 18.8 Å². The van der Waals surface area contributed by atoms with Crippen LogP contribution in [0.3, 0.4) is 0 Å². The lowest BCUT2D eigenvalue weighted by atomic mass is 10.2. The second-order valence-electron chi connectivity index (χ2n) is 2.81. The minimum atomic E-state index is 0.770. The van der Waals surface area contributed by atoms with Gasteiger partial charge in [-0.2, -0.15) is 0 Å². The molecule has 0 spiro atoms. The molecule has 1 saturated heterocycles. The van der Waals surface area contributed by atoms with Crippen molar-refractivity contribution in [2.45, 2.75) is 26.2 Å². The number of hydroxylamine groups is 2. The first-order valence-corrected chi connectivity index (χ1v) is 4.12. The maximum atomic E-state index is 5.42. The molecule has 2 nitrogen and oxygen atoms in total. The molecule has 62 valence electrons. The Bertz CT molecular complexity index is 164. The molecule has 0 aromatic carbocycles. The Hall–Kier alpha value is -0.720. The Kier molecular flexibility index (Phi) is 3.21. The van der Waals surface area contributed by atoms with Gasteiger partial charge in [0.1, 0.15) is 0 Å². The summed E-state index contributed by atoms with van der Waals surface area (Å²) in [4.78, 5) is 5.42. The monoisotopic (exact) mass is 153 g/mol. The summed E-state index contributed by atoms with van der Waals surface area (Å²) < 4.78 is 0. The molecule has 1 fully saturated rings. The summed E-state index contributed by atoms with van der Waals surface area (Å²) in [5.41, 5.74) is 2.71. The van der Waals surface area contributed by atoms with E-state index in [0.29, 0.717) is 0 Å². The van der Waals surface area contributed by atoms with Crippen molar-refractivity contribution in [2.75, 3.05) is 13.1 Å². The maximum absolute atomic E-state index is 5.42. The predicted octanol–water partition coefficient (Wildman–Crippen LogP) is 2.09. The zero-order chi connectivity index (χ0) is 8.10. The molecule has 11 heavy (non-hydrogen) atoms. The lowest BCUT2D eigenvalue weighted by Crippen LogP contribution is -2.29. The van der Waals surface area contributed by atoms with Gasteiger partial charge in [0.25, 0.3) is 0 Å². The van der Waals surface area contributed by atoms with Gasteiger partial charge >= 0.3 is 0 Å². The Morgan fingerprint density at radius 3 is 2.55 bits per heavy atom. The summed E-state index contributed by atoms with van der Waals surface area (Å²) in [5, 5.41) is 1.98. The van der Waals surface area contributed by atoms with Gasteiger partial charge in [0.15, 0.2) is 5.76 Å². The van der Waals surface area contributed by atoms with Gasteiger partial charge in [0, 0.05) is 20.0 Å². The van der Waals surface area contributed by atoms with Crippen LogP contribution in [-0.2, 0) is 4.84 Å². The minimum Gasteiger partial charge on any atom is -0.402 e. The Morgan fingerprint density at radius 1 is 1.36 bits per heavy atom. The Balaban J connectivity index is 2.30. The van der Waals surface area contributed by atoms with Gasteiger partial charge in [-0.3, -0.25) is 0 Å². The van der Waals surface area contributed by atoms with Crippen molar-refractivity contribution in [3.63, 3.8) is 0 Å². The topological polar surface area (TPSA) is 12.5 Å². The Morgan fingerprint density at radius 2 is 2.00 bits per heavy atom. The van der Waals surface area contributed by atoms with Gasteiger partial charge in [-0.1, -0.05) is 18.7 Å². The third-order valence-corrected chi connectivity index (χ3v) is 1.83. The van der Waals surface area contributed by atoms with Gasteiger partial charge in [-0.25, -0.2) is 0 Å². The fraction of sp³-hybridized carbons (Fsp3) is 0.667.